The fraction of sp³-hybridized carbons (Fsp3) is 0.471. The molecule has 24 heavy (non-hydrogen) atoms. The van der Waals surface area contributed by atoms with Gasteiger partial charge in [-0.05, 0) is 46.8 Å². The second-order valence-corrected chi connectivity index (χ2v) is 6.85. The number of carboxylic acid groups (broad SMARTS) is 1. The van der Waals surface area contributed by atoms with Crippen LogP contribution < -0.4 is 5.32 Å². The molecule has 2 aromatic rings. The maximum absolute atomic E-state index is 12.8. The summed E-state index contributed by atoms with van der Waals surface area (Å²) in [4.78, 5) is 28.8. The van der Waals surface area contributed by atoms with E-state index in [0.717, 1.165) is 10.0 Å². The van der Waals surface area contributed by atoms with Gasteiger partial charge in [-0.25, -0.2) is 9.78 Å². The minimum atomic E-state index is -1.03. The molecule has 130 valence electrons. The average molecular weight is 396 g/mol. The molecule has 0 aromatic carbocycles. The van der Waals surface area contributed by atoms with Gasteiger partial charge in [-0.2, -0.15) is 0 Å². The molecule has 7 heteroatoms. The molecule has 2 rings (SSSR count). The van der Waals surface area contributed by atoms with Crippen molar-refractivity contribution in [2.45, 2.75) is 46.6 Å². The second kappa shape index (κ2) is 7.34. The number of imidazole rings is 1. The topological polar surface area (TPSA) is 83.7 Å². The van der Waals surface area contributed by atoms with Crippen molar-refractivity contribution >= 4 is 33.5 Å². The molecule has 0 spiro atoms. The van der Waals surface area contributed by atoms with Crippen LogP contribution in [0, 0.1) is 12.8 Å². The zero-order valence-electron chi connectivity index (χ0n) is 14.3. The van der Waals surface area contributed by atoms with E-state index < -0.39 is 17.9 Å². The van der Waals surface area contributed by atoms with Crippen LogP contribution in [-0.2, 0) is 11.2 Å². The summed E-state index contributed by atoms with van der Waals surface area (Å²) in [6.45, 7) is 7.56. The van der Waals surface area contributed by atoms with Gasteiger partial charge in [0.1, 0.15) is 11.7 Å². The molecule has 1 amide bonds. The second-order valence-electron chi connectivity index (χ2n) is 5.99. The molecule has 0 bridgehead atoms. The first-order valence-electron chi connectivity index (χ1n) is 8.00. The molecule has 0 fully saturated rings. The number of nitrogens with zero attached hydrogens (tertiary/aromatic N) is 2. The van der Waals surface area contributed by atoms with E-state index in [1.807, 2.05) is 40.0 Å². The monoisotopic (exact) mass is 395 g/mol. The van der Waals surface area contributed by atoms with Crippen molar-refractivity contribution < 1.29 is 14.7 Å². The number of aryl methyl sites for hydroxylation is 2. The molecule has 0 radical (unpaired) electrons. The molecule has 2 heterocycles. The Balaban J connectivity index is 2.50. The number of hydrogen-bond acceptors (Lipinski definition) is 3. The molecule has 0 aliphatic heterocycles. The summed E-state index contributed by atoms with van der Waals surface area (Å²) < 4.78 is 2.52. The van der Waals surface area contributed by atoms with Crippen LogP contribution in [0.25, 0.3) is 5.65 Å². The maximum atomic E-state index is 12.8. The van der Waals surface area contributed by atoms with Gasteiger partial charge in [0.2, 0.25) is 0 Å². The van der Waals surface area contributed by atoms with E-state index in [9.17, 15) is 14.7 Å². The number of fused-ring (bicyclic) bond motifs is 1. The Hall–Kier alpha value is -1.89. The smallest absolute Gasteiger partial charge is 0.326 e. The molecule has 2 aromatic heterocycles. The van der Waals surface area contributed by atoms with E-state index in [1.54, 1.807) is 4.40 Å². The summed E-state index contributed by atoms with van der Waals surface area (Å²) in [5.74, 6) is -1.60. The molecule has 6 nitrogen and oxygen atoms in total. The number of hydrogen-bond donors (Lipinski definition) is 2. The third-order valence-corrected chi connectivity index (χ3v) is 4.78. The van der Waals surface area contributed by atoms with Crippen LogP contribution in [0.3, 0.4) is 0 Å². The Morgan fingerprint density at radius 1 is 1.42 bits per heavy atom. The Bertz CT molecular complexity index is 785. The molecule has 2 atom stereocenters. The number of halogens is 1. The fourth-order valence-electron chi connectivity index (χ4n) is 2.66. The number of carbonyl (C=O) groups excluding carboxylic acids is 1. The van der Waals surface area contributed by atoms with Crippen molar-refractivity contribution in [3.63, 3.8) is 0 Å². The highest BCUT2D eigenvalue weighted by Crippen LogP contribution is 2.23. The first-order valence-corrected chi connectivity index (χ1v) is 8.80. The Kier molecular flexibility index (Phi) is 5.64. The number of carbonyl (C=O) groups is 2. The van der Waals surface area contributed by atoms with Gasteiger partial charge in [-0.1, -0.05) is 27.2 Å². The number of aliphatic carboxylic acids is 1. The number of aromatic nitrogens is 2. The van der Waals surface area contributed by atoms with Gasteiger partial charge >= 0.3 is 5.97 Å². The molecule has 0 saturated carbocycles. The van der Waals surface area contributed by atoms with Crippen molar-refractivity contribution in [1.82, 2.24) is 14.7 Å². The lowest BCUT2D eigenvalue weighted by Crippen LogP contribution is -2.45. The molecule has 0 aliphatic carbocycles. The van der Waals surface area contributed by atoms with Crippen LogP contribution in [0.1, 0.15) is 48.9 Å². The number of amides is 1. The van der Waals surface area contributed by atoms with Crippen molar-refractivity contribution in [2.75, 3.05) is 0 Å². The van der Waals surface area contributed by atoms with E-state index >= 15 is 0 Å². The van der Waals surface area contributed by atoms with E-state index in [4.69, 9.17) is 0 Å². The van der Waals surface area contributed by atoms with Gasteiger partial charge in [0.15, 0.2) is 5.65 Å². The summed E-state index contributed by atoms with van der Waals surface area (Å²) in [6.07, 6.45) is 3.08. The SMILES string of the molecule is CCc1nc2c(Br)cc(C)cn2c1C(=O)NC(C(=O)O)C(C)CC. The fourth-order valence-corrected chi connectivity index (χ4v) is 3.30. The highest BCUT2D eigenvalue weighted by molar-refractivity contribution is 9.10. The Labute approximate surface area is 149 Å². The molecular weight excluding hydrogens is 374 g/mol. The van der Waals surface area contributed by atoms with Gasteiger partial charge in [0, 0.05) is 6.20 Å². The molecule has 2 N–H and O–H groups in total. The molecule has 2 unspecified atom stereocenters. The van der Waals surface area contributed by atoms with Crippen molar-refractivity contribution in [3.05, 3.63) is 33.7 Å². The predicted octanol–water partition coefficient (Wildman–Crippen LogP) is 3.20. The zero-order chi connectivity index (χ0) is 18.0. The average Bonchev–Trinajstić information content (AvgIpc) is 2.90. The molecule has 0 saturated heterocycles. The Morgan fingerprint density at radius 2 is 2.08 bits per heavy atom. The minimum absolute atomic E-state index is 0.163. The highest BCUT2D eigenvalue weighted by Gasteiger charge is 2.28. The van der Waals surface area contributed by atoms with Crippen molar-refractivity contribution in [2.24, 2.45) is 5.92 Å². The summed E-state index contributed by atoms with van der Waals surface area (Å²) in [7, 11) is 0. The molecular formula is C17H22BrN3O3. The van der Waals surface area contributed by atoms with Gasteiger partial charge in [-0.3, -0.25) is 9.20 Å². The normalized spacial score (nSPS) is 13.7. The highest BCUT2D eigenvalue weighted by atomic mass is 79.9. The van der Waals surface area contributed by atoms with Crippen molar-refractivity contribution in [3.8, 4) is 0 Å². The lowest BCUT2D eigenvalue weighted by atomic mass is 9.99. The first kappa shape index (κ1) is 18.4. The van der Waals surface area contributed by atoms with E-state index in [1.165, 1.54) is 0 Å². The maximum Gasteiger partial charge on any atom is 0.326 e. The van der Waals surface area contributed by atoms with Gasteiger partial charge in [-0.15, -0.1) is 0 Å². The van der Waals surface area contributed by atoms with Crippen LogP contribution in [0.4, 0.5) is 0 Å². The summed E-state index contributed by atoms with van der Waals surface area (Å²) >= 11 is 3.47. The minimum Gasteiger partial charge on any atom is -0.480 e. The van der Waals surface area contributed by atoms with Gasteiger partial charge in [0.05, 0.1) is 10.2 Å². The quantitative estimate of drug-likeness (QED) is 0.786. The van der Waals surface area contributed by atoms with E-state index in [0.29, 0.717) is 29.9 Å². The van der Waals surface area contributed by atoms with Gasteiger partial charge in [0.25, 0.3) is 5.91 Å². The number of rotatable bonds is 6. The third-order valence-electron chi connectivity index (χ3n) is 4.20. The number of carboxylic acids is 1. The van der Waals surface area contributed by atoms with Crippen LogP contribution >= 0.6 is 15.9 Å². The van der Waals surface area contributed by atoms with Crippen molar-refractivity contribution in [1.29, 1.82) is 0 Å². The largest absolute Gasteiger partial charge is 0.480 e. The van der Waals surface area contributed by atoms with E-state index in [2.05, 4.69) is 26.2 Å². The van der Waals surface area contributed by atoms with E-state index in [-0.39, 0.29) is 5.92 Å². The predicted molar refractivity (Wildman–Crippen MR) is 95.4 cm³/mol. The van der Waals surface area contributed by atoms with Crippen LogP contribution in [0.2, 0.25) is 0 Å². The summed E-state index contributed by atoms with van der Waals surface area (Å²) in [6, 6.07) is 1.01. The lowest BCUT2D eigenvalue weighted by Gasteiger charge is -2.20. The Morgan fingerprint density at radius 3 is 2.62 bits per heavy atom. The van der Waals surface area contributed by atoms with Crippen LogP contribution in [0.5, 0.6) is 0 Å². The summed E-state index contributed by atoms with van der Waals surface area (Å²) in [5, 5.41) is 12.1. The standard InChI is InChI=1S/C17H22BrN3O3/c1-5-10(4)13(17(23)24)20-16(22)14-12(6-2)19-15-11(18)7-9(3)8-21(14)15/h7-8,10,13H,5-6H2,1-4H3,(H,20,22)(H,23,24). The number of pyridine rings is 1. The van der Waals surface area contributed by atoms with Gasteiger partial charge < -0.3 is 10.4 Å². The lowest BCUT2D eigenvalue weighted by molar-refractivity contribution is -0.140. The first-order chi connectivity index (χ1) is 11.3. The van der Waals surface area contributed by atoms with Crippen LogP contribution in [0.15, 0.2) is 16.7 Å². The molecule has 0 aliphatic rings. The summed E-state index contributed by atoms with van der Waals surface area (Å²) in [5.41, 5.74) is 2.66. The van der Waals surface area contributed by atoms with Crippen LogP contribution in [-0.4, -0.2) is 32.4 Å². The third kappa shape index (κ3) is 3.45. The number of nitrogens with one attached hydrogen (secondary N) is 1. The zero-order valence-corrected chi connectivity index (χ0v) is 15.8.